The molecule has 1 aliphatic carbocycles. The van der Waals surface area contributed by atoms with Crippen molar-refractivity contribution in [2.75, 3.05) is 33.5 Å². The van der Waals surface area contributed by atoms with Crippen molar-refractivity contribution >= 4 is 18.2 Å². The zero-order valence-electron chi connectivity index (χ0n) is 9.62. The van der Waals surface area contributed by atoms with Crippen molar-refractivity contribution in [1.29, 1.82) is 0 Å². The number of ketones is 1. The third-order valence-electron chi connectivity index (χ3n) is 3.04. The highest BCUT2D eigenvalue weighted by Gasteiger charge is 2.25. The fraction of sp³-hybridized carbons (Fsp3) is 0.727. The lowest BCUT2D eigenvalue weighted by atomic mass is 9.93. The predicted octanol–water partition coefficient (Wildman–Crippen LogP) is 0.924. The number of methoxy groups -OCH3 is 1. The monoisotopic (exact) mass is 246 g/mol. The molecular formula is C11H19ClN2O2. The molecular weight excluding hydrogens is 228 g/mol. The van der Waals surface area contributed by atoms with Gasteiger partial charge in [0.25, 0.3) is 0 Å². The van der Waals surface area contributed by atoms with E-state index in [1.54, 1.807) is 7.11 Å². The van der Waals surface area contributed by atoms with Crippen molar-refractivity contribution in [2.45, 2.75) is 19.3 Å². The molecule has 2 aliphatic rings. The van der Waals surface area contributed by atoms with Crippen LogP contribution in [-0.4, -0.2) is 44.2 Å². The van der Waals surface area contributed by atoms with Gasteiger partial charge in [-0.1, -0.05) is 0 Å². The van der Waals surface area contributed by atoms with Gasteiger partial charge >= 0.3 is 0 Å². The van der Waals surface area contributed by atoms with Crippen LogP contribution in [0, 0.1) is 0 Å². The molecule has 0 amide bonds. The van der Waals surface area contributed by atoms with Crippen LogP contribution in [0.1, 0.15) is 19.3 Å². The minimum absolute atomic E-state index is 0. The SMILES string of the molecule is COCCN1CNC2=C(C1)C(=O)CCC2.Cl. The maximum absolute atomic E-state index is 11.7. The van der Waals surface area contributed by atoms with Crippen molar-refractivity contribution in [3.63, 3.8) is 0 Å². The largest absolute Gasteiger partial charge is 0.383 e. The molecule has 0 aromatic carbocycles. The minimum atomic E-state index is 0. The Kier molecular flexibility index (Phi) is 5.25. The first-order valence-corrected chi connectivity index (χ1v) is 5.51. The van der Waals surface area contributed by atoms with E-state index in [4.69, 9.17) is 4.74 Å². The summed E-state index contributed by atoms with van der Waals surface area (Å²) in [5.41, 5.74) is 2.18. The van der Waals surface area contributed by atoms with Crippen LogP contribution in [0.5, 0.6) is 0 Å². The number of hydrogen-bond acceptors (Lipinski definition) is 4. The van der Waals surface area contributed by atoms with Gasteiger partial charge in [0.1, 0.15) is 0 Å². The van der Waals surface area contributed by atoms with Crippen LogP contribution in [-0.2, 0) is 9.53 Å². The van der Waals surface area contributed by atoms with Gasteiger partial charge in [0, 0.05) is 37.9 Å². The van der Waals surface area contributed by atoms with Crippen molar-refractivity contribution < 1.29 is 9.53 Å². The lowest BCUT2D eigenvalue weighted by Gasteiger charge is -2.33. The first-order valence-electron chi connectivity index (χ1n) is 5.51. The molecule has 0 radical (unpaired) electrons. The second-order valence-electron chi connectivity index (χ2n) is 4.11. The Hall–Kier alpha value is -0.580. The molecule has 0 unspecified atom stereocenters. The van der Waals surface area contributed by atoms with E-state index in [1.165, 1.54) is 5.70 Å². The molecule has 0 aromatic heterocycles. The summed E-state index contributed by atoms with van der Waals surface area (Å²) in [5, 5.41) is 3.34. The molecule has 0 aromatic rings. The average molecular weight is 247 g/mol. The van der Waals surface area contributed by atoms with E-state index in [9.17, 15) is 4.79 Å². The summed E-state index contributed by atoms with van der Waals surface area (Å²) in [6.45, 7) is 3.24. The Morgan fingerprint density at radius 3 is 3.00 bits per heavy atom. The number of nitrogens with zero attached hydrogens (tertiary/aromatic N) is 1. The Bertz CT molecular complexity index is 292. The molecule has 16 heavy (non-hydrogen) atoms. The zero-order valence-corrected chi connectivity index (χ0v) is 10.4. The van der Waals surface area contributed by atoms with Crippen molar-refractivity contribution in [1.82, 2.24) is 10.2 Å². The van der Waals surface area contributed by atoms with E-state index in [2.05, 4.69) is 10.2 Å². The molecule has 0 spiro atoms. The van der Waals surface area contributed by atoms with E-state index >= 15 is 0 Å². The van der Waals surface area contributed by atoms with Crippen molar-refractivity contribution in [3.8, 4) is 0 Å². The maximum Gasteiger partial charge on any atom is 0.161 e. The predicted molar refractivity (Wildman–Crippen MR) is 64.6 cm³/mol. The molecule has 0 atom stereocenters. The molecule has 1 heterocycles. The van der Waals surface area contributed by atoms with E-state index < -0.39 is 0 Å². The van der Waals surface area contributed by atoms with Crippen LogP contribution in [0.15, 0.2) is 11.3 Å². The molecule has 5 heteroatoms. The maximum atomic E-state index is 11.7. The fourth-order valence-electron chi connectivity index (χ4n) is 2.14. The number of carbonyl (C=O) groups excluding carboxylic acids is 1. The van der Waals surface area contributed by atoms with Gasteiger partial charge in [0.2, 0.25) is 0 Å². The molecule has 4 nitrogen and oxygen atoms in total. The first kappa shape index (κ1) is 13.5. The average Bonchev–Trinajstić information content (AvgIpc) is 2.27. The number of carbonyl (C=O) groups is 1. The number of halogens is 1. The number of ether oxygens (including phenoxy) is 1. The van der Waals surface area contributed by atoms with Gasteiger partial charge in [-0.3, -0.25) is 9.69 Å². The summed E-state index contributed by atoms with van der Waals surface area (Å²) >= 11 is 0. The fourth-order valence-corrected chi connectivity index (χ4v) is 2.14. The normalized spacial score (nSPS) is 21.2. The highest BCUT2D eigenvalue weighted by molar-refractivity contribution is 5.97. The van der Waals surface area contributed by atoms with Crippen LogP contribution < -0.4 is 5.32 Å². The molecule has 2 rings (SSSR count). The summed E-state index contributed by atoms with van der Waals surface area (Å²) in [4.78, 5) is 13.9. The Balaban J connectivity index is 0.00000128. The molecule has 1 aliphatic heterocycles. The third kappa shape index (κ3) is 2.97. The minimum Gasteiger partial charge on any atom is -0.383 e. The van der Waals surface area contributed by atoms with E-state index in [-0.39, 0.29) is 12.4 Å². The Morgan fingerprint density at radius 1 is 1.44 bits per heavy atom. The van der Waals surface area contributed by atoms with Crippen LogP contribution in [0.25, 0.3) is 0 Å². The molecule has 92 valence electrons. The Morgan fingerprint density at radius 2 is 2.25 bits per heavy atom. The second kappa shape index (κ2) is 6.23. The molecule has 1 N–H and O–H groups in total. The second-order valence-corrected chi connectivity index (χ2v) is 4.11. The first-order chi connectivity index (χ1) is 7.31. The molecule has 0 saturated carbocycles. The number of Topliss-reactive ketones (excluding diaryl/α,β-unsaturated/α-hetero) is 1. The lowest BCUT2D eigenvalue weighted by Crippen LogP contribution is -2.44. The highest BCUT2D eigenvalue weighted by atomic mass is 35.5. The molecule has 0 saturated heterocycles. The summed E-state index contributed by atoms with van der Waals surface area (Å²) in [6, 6.07) is 0. The lowest BCUT2D eigenvalue weighted by molar-refractivity contribution is -0.116. The topological polar surface area (TPSA) is 41.6 Å². The van der Waals surface area contributed by atoms with E-state index in [0.29, 0.717) is 5.78 Å². The highest BCUT2D eigenvalue weighted by Crippen LogP contribution is 2.23. The molecule has 0 fully saturated rings. The van der Waals surface area contributed by atoms with Crippen LogP contribution in [0.2, 0.25) is 0 Å². The molecule has 0 bridgehead atoms. The summed E-state index contributed by atoms with van der Waals surface area (Å²) < 4.78 is 5.04. The van der Waals surface area contributed by atoms with Crippen LogP contribution >= 0.6 is 12.4 Å². The van der Waals surface area contributed by atoms with Gasteiger partial charge in [-0.05, 0) is 12.8 Å². The van der Waals surface area contributed by atoms with Crippen molar-refractivity contribution in [3.05, 3.63) is 11.3 Å². The summed E-state index contributed by atoms with van der Waals surface area (Å²) in [7, 11) is 1.70. The zero-order chi connectivity index (χ0) is 10.7. The van der Waals surface area contributed by atoms with Crippen LogP contribution in [0.4, 0.5) is 0 Å². The van der Waals surface area contributed by atoms with Gasteiger partial charge in [0.15, 0.2) is 5.78 Å². The number of nitrogens with one attached hydrogen (secondary N) is 1. The van der Waals surface area contributed by atoms with Gasteiger partial charge in [-0.2, -0.15) is 0 Å². The third-order valence-corrected chi connectivity index (χ3v) is 3.04. The standard InChI is InChI=1S/C11H18N2O2.ClH/c1-15-6-5-13-7-9-10(12-8-13)3-2-4-11(9)14;/h12H,2-8H2,1H3;1H. The van der Waals surface area contributed by atoms with Crippen molar-refractivity contribution in [2.24, 2.45) is 0 Å². The van der Waals surface area contributed by atoms with E-state index in [0.717, 1.165) is 51.2 Å². The summed E-state index contributed by atoms with van der Waals surface area (Å²) in [5.74, 6) is 0.325. The van der Waals surface area contributed by atoms with Crippen LogP contribution in [0.3, 0.4) is 0 Å². The van der Waals surface area contributed by atoms with Gasteiger partial charge < -0.3 is 10.1 Å². The smallest absolute Gasteiger partial charge is 0.161 e. The van der Waals surface area contributed by atoms with E-state index in [1.807, 2.05) is 0 Å². The van der Waals surface area contributed by atoms with Gasteiger partial charge in [-0.25, -0.2) is 0 Å². The number of hydrogen-bond donors (Lipinski definition) is 1. The quantitative estimate of drug-likeness (QED) is 0.804. The van der Waals surface area contributed by atoms with Gasteiger partial charge in [-0.15, -0.1) is 12.4 Å². The number of allylic oxidation sites excluding steroid dienone is 1. The summed E-state index contributed by atoms with van der Waals surface area (Å²) in [6.07, 6.45) is 2.76. The number of rotatable bonds is 3. The van der Waals surface area contributed by atoms with Gasteiger partial charge in [0.05, 0.1) is 13.3 Å². The Labute approximate surface area is 102 Å².